The Morgan fingerprint density at radius 2 is 1.89 bits per heavy atom. The molecule has 2 fully saturated rings. The summed E-state index contributed by atoms with van der Waals surface area (Å²) < 4.78 is 46.7. The van der Waals surface area contributed by atoms with Crippen LogP contribution in [0.4, 0.5) is 24.8 Å². The van der Waals surface area contributed by atoms with Crippen LogP contribution in [0.25, 0.3) is 11.0 Å². The van der Waals surface area contributed by atoms with Gasteiger partial charge in [-0.3, -0.25) is 14.9 Å². The van der Waals surface area contributed by atoms with E-state index in [0.29, 0.717) is 24.4 Å². The summed E-state index contributed by atoms with van der Waals surface area (Å²) in [6.07, 6.45) is -2.89. The largest absolute Gasteiger partial charge is 0.416 e. The number of piperidine rings is 1. The SMILES string of the molecule is CN1CCC(n2c(NC(=O)c3cccc(C(F)(F)F)c3)nc3cc(N4CCOCC4=O)ccc32)CC1. The van der Waals surface area contributed by atoms with Crippen molar-refractivity contribution in [1.29, 1.82) is 0 Å². The number of likely N-dealkylation sites (tertiary alicyclic amines) is 1. The van der Waals surface area contributed by atoms with Crippen LogP contribution in [-0.2, 0) is 15.7 Å². The summed E-state index contributed by atoms with van der Waals surface area (Å²) in [4.78, 5) is 33.8. The second kappa shape index (κ2) is 9.55. The lowest BCUT2D eigenvalue weighted by atomic mass is 10.0. The molecule has 2 aliphatic rings. The van der Waals surface area contributed by atoms with Crippen molar-refractivity contribution >= 4 is 34.5 Å². The molecule has 0 unspecified atom stereocenters. The average Bonchev–Trinajstić information content (AvgIpc) is 3.21. The summed E-state index contributed by atoms with van der Waals surface area (Å²) in [6, 6.07) is 9.89. The van der Waals surface area contributed by atoms with Crippen LogP contribution in [0.1, 0.15) is 34.8 Å². The Hall–Kier alpha value is -3.44. The lowest BCUT2D eigenvalue weighted by Gasteiger charge is -2.31. The van der Waals surface area contributed by atoms with Crippen LogP contribution in [0.15, 0.2) is 42.5 Å². The molecule has 11 heteroatoms. The number of benzene rings is 2. The Bertz CT molecular complexity index is 1300. The number of hydrogen-bond acceptors (Lipinski definition) is 5. The number of hydrogen-bond donors (Lipinski definition) is 1. The van der Waals surface area contributed by atoms with E-state index in [1.165, 1.54) is 12.1 Å². The number of imidazole rings is 1. The molecule has 0 aliphatic carbocycles. The fourth-order valence-corrected chi connectivity index (χ4v) is 4.77. The lowest BCUT2D eigenvalue weighted by Crippen LogP contribution is -2.41. The fourth-order valence-electron chi connectivity index (χ4n) is 4.77. The van der Waals surface area contributed by atoms with E-state index < -0.39 is 17.6 Å². The number of halogens is 3. The van der Waals surface area contributed by atoms with E-state index in [2.05, 4.69) is 15.2 Å². The molecule has 36 heavy (non-hydrogen) atoms. The molecule has 0 bridgehead atoms. The number of aromatic nitrogens is 2. The minimum atomic E-state index is -4.55. The first-order chi connectivity index (χ1) is 17.2. The van der Waals surface area contributed by atoms with Crippen molar-refractivity contribution in [1.82, 2.24) is 14.5 Å². The molecular formula is C25H26F3N5O3. The molecule has 0 spiro atoms. The van der Waals surface area contributed by atoms with Gasteiger partial charge in [0.15, 0.2) is 0 Å². The number of alkyl halides is 3. The van der Waals surface area contributed by atoms with Crippen LogP contribution < -0.4 is 10.2 Å². The van der Waals surface area contributed by atoms with Crippen molar-refractivity contribution in [3.05, 3.63) is 53.6 Å². The normalized spacial score (nSPS) is 18.1. The van der Waals surface area contributed by atoms with Gasteiger partial charge in [0, 0.05) is 23.8 Å². The molecule has 5 rings (SSSR count). The van der Waals surface area contributed by atoms with Gasteiger partial charge < -0.3 is 19.1 Å². The molecule has 0 saturated carbocycles. The van der Waals surface area contributed by atoms with E-state index in [-0.39, 0.29) is 30.1 Å². The fraction of sp³-hybridized carbons (Fsp3) is 0.400. The highest BCUT2D eigenvalue weighted by molar-refractivity contribution is 6.04. The first kappa shape index (κ1) is 24.3. The van der Waals surface area contributed by atoms with E-state index >= 15 is 0 Å². The number of fused-ring (bicyclic) bond motifs is 1. The number of nitrogens with one attached hydrogen (secondary N) is 1. The monoisotopic (exact) mass is 501 g/mol. The molecular weight excluding hydrogens is 475 g/mol. The maximum atomic E-state index is 13.2. The molecule has 0 radical (unpaired) electrons. The topological polar surface area (TPSA) is 79.7 Å². The Kier molecular flexibility index (Phi) is 6.44. The van der Waals surface area contributed by atoms with Gasteiger partial charge in [-0.1, -0.05) is 6.07 Å². The molecule has 2 saturated heterocycles. The zero-order valence-electron chi connectivity index (χ0n) is 19.7. The molecule has 1 N–H and O–H groups in total. The van der Waals surface area contributed by atoms with Crippen molar-refractivity contribution in [3.63, 3.8) is 0 Å². The van der Waals surface area contributed by atoms with Crippen LogP contribution in [0.2, 0.25) is 0 Å². The van der Waals surface area contributed by atoms with E-state index in [1.54, 1.807) is 11.0 Å². The predicted octanol–water partition coefficient (Wildman–Crippen LogP) is 3.94. The van der Waals surface area contributed by atoms with Crippen molar-refractivity contribution in [2.75, 3.05) is 50.1 Å². The summed E-state index contributed by atoms with van der Waals surface area (Å²) in [5.74, 6) is -0.546. The molecule has 190 valence electrons. The van der Waals surface area contributed by atoms with Crippen molar-refractivity contribution < 1.29 is 27.5 Å². The summed E-state index contributed by atoms with van der Waals surface area (Å²) in [7, 11) is 2.05. The third kappa shape index (κ3) is 4.80. The number of amides is 2. The highest BCUT2D eigenvalue weighted by atomic mass is 19.4. The second-order valence-electron chi connectivity index (χ2n) is 9.14. The van der Waals surface area contributed by atoms with Gasteiger partial charge in [0.05, 0.1) is 23.2 Å². The maximum absolute atomic E-state index is 13.2. The van der Waals surface area contributed by atoms with E-state index in [0.717, 1.165) is 43.6 Å². The number of morpholine rings is 1. The zero-order chi connectivity index (χ0) is 25.4. The smallest absolute Gasteiger partial charge is 0.370 e. The number of carbonyl (C=O) groups is 2. The van der Waals surface area contributed by atoms with Gasteiger partial charge in [-0.2, -0.15) is 13.2 Å². The lowest BCUT2D eigenvalue weighted by molar-refractivity contribution is -0.137. The molecule has 0 atom stereocenters. The average molecular weight is 502 g/mol. The van der Waals surface area contributed by atoms with Crippen molar-refractivity contribution in [2.45, 2.75) is 25.1 Å². The molecule has 1 aromatic heterocycles. The number of carbonyl (C=O) groups excluding carboxylic acids is 2. The first-order valence-electron chi connectivity index (χ1n) is 11.8. The zero-order valence-corrected chi connectivity index (χ0v) is 19.7. The van der Waals surface area contributed by atoms with E-state index in [1.807, 2.05) is 23.7 Å². The van der Waals surface area contributed by atoms with E-state index in [4.69, 9.17) is 4.74 Å². The van der Waals surface area contributed by atoms with Gasteiger partial charge in [-0.25, -0.2) is 4.98 Å². The number of rotatable bonds is 4. The highest BCUT2D eigenvalue weighted by Gasteiger charge is 2.31. The van der Waals surface area contributed by atoms with Crippen LogP contribution >= 0.6 is 0 Å². The summed E-state index contributed by atoms with van der Waals surface area (Å²) in [6.45, 7) is 2.61. The summed E-state index contributed by atoms with van der Waals surface area (Å²) in [5.41, 5.74) is 1.06. The molecule has 2 aliphatic heterocycles. The van der Waals surface area contributed by atoms with Gasteiger partial charge in [0.2, 0.25) is 5.95 Å². The Balaban J connectivity index is 1.51. The maximum Gasteiger partial charge on any atom is 0.416 e. The molecule has 2 amide bonds. The molecule has 8 nitrogen and oxygen atoms in total. The second-order valence-corrected chi connectivity index (χ2v) is 9.14. The third-order valence-corrected chi connectivity index (χ3v) is 6.70. The number of nitrogens with zero attached hydrogens (tertiary/aromatic N) is 4. The first-order valence-corrected chi connectivity index (χ1v) is 11.8. The molecule has 2 aromatic carbocycles. The van der Waals surface area contributed by atoms with Crippen LogP contribution in [0.3, 0.4) is 0 Å². The highest BCUT2D eigenvalue weighted by Crippen LogP contribution is 2.34. The quantitative estimate of drug-likeness (QED) is 0.586. The number of anilines is 2. The van der Waals surface area contributed by atoms with Crippen molar-refractivity contribution in [3.8, 4) is 0 Å². The van der Waals surface area contributed by atoms with Gasteiger partial charge in [-0.05, 0) is 69.4 Å². The van der Waals surface area contributed by atoms with Crippen LogP contribution in [0, 0.1) is 0 Å². The molecule has 3 aromatic rings. The van der Waals surface area contributed by atoms with Gasteiger partial charge in [0.1, 0.15) is 6.61 Å². The number of ether oxygens (including phenoxy) is 1. The van der Waals surface area contributed by atoms with Gasteiger partial charge in [0.25, 0.3) is 11.8 Å². The third-order valence-electron chi connectivity index (χ3n) is 6.70. The Morgan fingerprint density at radius 3 is 2.61 bits per heavy atom. The minimum absolute atomic E-state index is 0.0143. The summed E-state index contributed by atoms with van der Waals surface area (Å²) in [5, 5.41) is 2.74. The van der Waals surface area contributed by atoms with Gasteiger partial charge >= 0.3 is 6.18 Å². The van der Waals surface area contributed by atoms with Gasteiger partial charge in [-0.15, -0.1) is 0 Å². The predicted molar refractivity (Wildman–Crippen MR) is 128 cm³/mol. The van der Waals surface area contributed by atoms with Crippen molar-refractivity contribution in [2.24, 2.45) is 0 Å². The molecule has 3 heterocycles. The standard InChI is InChI=1S/C25H26F3N5O3/c1-31-9-7-18(8-10-31)33-21-6-5-19(32-11-12-36-15-22(32)34)14-20(21)29-24(33)30-23(35)16-3-2-4-17(13-16)25(26,27)28/h2-6,13-14,18H,7-12,15H2,1H3,(H,29,30,35). The summed E-state index contributed by atoms with van der Waals surface area (Å²) >= 11 is 0. The Labute approximate surface area is 205 Å². The Morgan fingerprint density at radius 1 is 1.11 bits per heavy atom. The van der Waals surface area contributed by atoms with Crippen LogP contribution in [0.5, 0.6) is 0 Å². The van der Waals surface area contributed by atoms with Crippen LogP contribution in [-0.4, -0.2) is 66.2 Å². The van der Waals surface area contributed by atoms with E-state index in [9.17, 15) is 22.8 Å². The minimum Gasteiger partial charge on any atom is -0.370 e.